The van der Waals surface area contributed by atoms with E-state index in [0.29, 0.717) is 6.61 Å². The maximum atomic E-state index is 11.3. The van der Waals surface area contributed by atoms with Crippen molar-refractivity contribution in [2.45, 2.75) is 13.0 Å². The molecule has 0 saturated heterocycles. The molecule has 7 nitrogen and oxygen atoms in total. The van der Waals surface area contributed by atoms with Gasteiger partial charge < -0.3 is 14.6 Å². The highest BCUT2D eigenvalue weighted by Gasteiger charge is 2.16. The summed E-state index contributed by atoms with van der Waals surface area (Å²) < 4.78 is 9.31. The summed E-state index contributed by atoms with van der Waals surface area (Å²) >= 11 is 0. The number of carbonyl (C=O) groups is 2. The molecule has 0 aliphatic carbocycles. The minimum Gasteiger partial charge on any atom is -0.383 e. The van der Waals surface area contributed by atoms with Crippen LogP contribution >= 0.6 is 0 Å². The van der Waals surface area contributed by atoms with Crippen LogP contribution in [-0.2, 0) is 14.3 Å². The highest BCUT2D eigenvalue weighted by Crippen LogP contribution is 2.00. The predicted molar refractivity (Wildman–Crippen MR) is 54.6 cm³/mol. The summed E-state index contributed by atoms with van der Waals surface area (Å²) in [5, 5.41) is 8.17. The first-order valence-electron chi connectivity index (χ1n) is 4.64. The quantitative estimate of drug-likeness (QED) is 0.692. The zero-order valence-electron chi connectivity index (χ0n) is 9.02. The van der Waals surface area contributed by atoms with Crippen molar-refractivity contribution in [2.24, 2.45) is 0 Å². The molecule has 0 aliphatic rings. The molecule has 0 aromatic carbocycles. The monoisotopic (exact) mass is 227 g/mol. The van der Waals surface area contributed by atoms with Crippen LogP contribution in [0.4, 0.5) is 5.82 Å². The number of nitrogens with one attached hydrogen (secondary N) is 2. The Morgan fingerprint density at radius 3 is 2.88 bits per heavy atom. The number of nitrogens with zero attached hydrogens (tertiary/aromatic N) is 1. The lowest BCUT2D eigenvalue weighted by Gasteiger charge is -2.11. The first-order chi connectivity index (χ1) is 7.63. The van der Waals surface area contributed by atoms with Crippen molar-refractivity contribution in [2.75, 3.05) is 19.0 Å². The van der Waals surface area contributed by atoms with Crippen LogP contribution in [0.1, 0.15) is 6.92 Å². The predicted octanol–water partition coefficient (Wildman–Crippen LogP) is -0.236. The van der Waals surface area contributed by atoms with Gasteiger partial charge in [-0.3, -0.25) is 14.9 Å². The zero-order valence-corrected chi connectivity index (χ0v) is 9.02. The number of ether oxygens (including phenoxy) is 1. The third kappa shape index (κ3) is 3.70. The molecule has 0 spiro atoms. The van der Waals surface area contributed by atoms with Gasteiger partial charge in [-0.2, -0.15) is 0 Å². The lowest BCUT2D eigenvalue weighted by atomic mass is 10.3. The average molecular weight is 227 g/mol. The van der Waals surface area contributed by atoms with Crippen LogP contribution in [0.3, 0.4) is 0 Å². The Morgan fingerprint density at radius 1 is 1.56 bits per heavy atom. The Kier molecular flexibility index (Phi) is 4.46. The van der Waals surface area contributed by atoms with Gasteiger partial charge in [-0.1, -0.05) is 5.16 Å². The number of rotatable bonds is 4. The number of hydrogen-bond acceptors (Lipinski definition) is 5. The van der Waals surface area contributed by atoms with Crippen molar-refractivity contribution in [3.8, 4) is 0 Å². The van der Waals surface area contributed by atoms with Crippen LogP contribution < -0.4 is 10.6 Å². The number of methoxy groups -OCH3 is 1. The van der Waals surface area contributed by atoms with E-state index in [1.54, 1.807) is 6.92 Å². The smallest absolute Gasteiger partial charge is 0.314 e. The largest absolute Gasteiger partial charge is 0.383 e. The minimum atomic E-state index is -0.795. The molecule has 88 valence electrons. The van der Waals surface area contributed by atoms with Gasteiger partial charge in [-0.05, 0) is 6.92 Å². The van der Waals surface area contributed by atoms with Gasteiger partial charge >= 0.3 is 11.8 Å². The third-order valence-corrected chi connectivity index (χ3v) is 1.68. The highest BCUT2D eigenvalue weighted by atomic mass is 16.5. The number of carbonyl (C=O) groups excluding carboxylic acids is 2. The molecule has 1 aromatic heterocycles. The molecule has 1 atom stereocenters. The van der Waals surface area contributed by atoms with Crippen molar-refractivity contribution >= 4 is 17.6 Å². The van der Waals surface area contributed by atoms with Gasteiger partial charge in [0.2, 0.25) is 0 Å². The molecule has 1 heterocycles. The molecule has 0 saturated carbocycles. The zero-order chi connectivity index (χ0) is 12.0. The molecule has 0 radical (unpaired) electrons. The summed E-state index contributed by atoms with van der Waals surface area (Å²) in [5.41, 5.74) is 0. The second-order valence-electron chi connectivity index (χ2n) is 3.17. The van der Waals surface area contributed by atoms with Crippen molar-refractivity contribution in [3.63, 3.8) is 0 Å². The lowest BCUT2D eigenvalue weighted by molar-refractivity contribution is -0.136. The fourth-order valence-electron chi connectivity index (χ4n) is 1.03. The first kappa shape index (κ1) is 12.2. The van der Waals surface area contributed by atoms with Gasteiger partial charge in [0, 0.05) is 19.2 Å². The number of hydrogen-bond donors (Lipinski definition) is 2. The van der Waals surface area contributed by atoms with E-state index in [4.69, 9.17) is 4.74 Å². The molecule has 2 N–H and O–H groups in total. The standard InChI is InChI=1S/C9H13N3O4/c1-6(5-15-2)10-8(13)9(14)11-7-3-4-16-12-7/h3-4,6H,5H2,1-2H3,(H,10,13)(H,11,12,14)/t6-/m0/s1. The molecular formula is C9H13N3O4. The van der Waals surface area contributed by atoms with Crippen LogP contribution in [0.2, 0.25) is 0 Å². The highest BCUT2D eigenvalue weighted by molar-refractivity contribution is 6.39. The van der Waals surface area contributed by atoms with Crippen LogP contribution in [0.15, 0.2) is 16.9 Å². The van der Waals surface area contributed by atoms with Crippen LogP contribution in [0.5, 0.6) is 0 Å². The van der Waals surface area contributed by atoms with Crippen LogP contribution in [0.25, 0.3) is 0 Å². The summed E-state index contributed by atoms with van der Waals surface area (Å²) in [6, 6.07) is 1.20. The third-order valence-electron chi connectivity index (χ3n) is 1.68. The maximum absolute atomic E-state index is 11.3. The molecule has 2 amide bonds. The normalized spacial score (nSPS) is 11.9. The van der Waals surface area contributed by atoms with E-state index < -0.39 is 11.8 Å². The van der Waals surface area contributed by atoms with Gasteiger partial charge in [0.25, 0.3) is 0 Å². The van der Waals surface area contributed by atoms with Gasteiger partial charge in [-0.25, -0.2) is 0 Å². The molecular weight excluding hydrogens is 214 g/mol. The van der Waals surface area contributed by atoms with Crippen molar-refractivity contribution in [1.82, 2.24) is 10.5 Å². The Labute approximate surface area is 92.1 Å². The fourth-order valence-corrected chi connectivity index (χ4v) is 1.03. The van der Waals surface area contributed by atoms with E-state index in [2.05, 4.69) is 20.3 Å². The second kappa shape index (κ2) is 5.86. The summed E-state index contributed by atoms with van der Waals surface area (Å²) in [6.45, 7) is 2.06. The molecule has 0 bridgehead atoms. The molecule has 0 unspecified atom stereocenters. The van der Waals surface area contributed by atoms with E-state index in [0.717, 1.165) is 0 Å². The topological polar surface area (TPSA) is 93.5 Å². The van der Waals surface area contributed by atoms with Crippen LogP contribution in [0, 0.1) is 0 Å². The molecule has 0 aliphatic heterocycles. The minimum absolute atomic E-state index is 0.194. The van der Waals surface area contributed by atoms with E-state index in [-0.39, 0.29) is 11.9 Å². The Hall–Kier alpha value is -1.89. The van der Waals surface area contributed by atoms with E-state index in [1.807, 2.05) is 0 Å². The van der Waals surface area contributed by atoms with Gasteiger partial charge in [0.15, 0.2) is 5.82 Å². The lowest BCUT2D eigenvalue weighted by Crippen LogP contribution is -2.42. The Balaban J connectivity index is 2.39. The van der Waals surface area contributed by atoms with Crippen molar-refractivity contribution < 1.29 is 18.8 Å². The first-order valence-corrected chi connectivity index (χ1v) is 4.64. The molecule has 7 heteroatoms. The Morgan fingerprint density at radius 2 is 2.31 bits per heavy atom. The maximum Gasteiger partial charge on any atom is 0.314 e. The fraction of sp³-hybridized carbons (Fsp3) is 0.444. The molecule has 1 aromatic rings. The number of anilines is 1. The van der Waals surface area contributed by atoms with Crippen molar-refractivity contribution in [3.05, 3.63) is 12.3 Å². The van der Waals surface area contributed by atoms with Crippen molar-refractivity contribution in [1.29, 1.82) is 0 Å². The van der Waals surface area contributed by atoms with Gasteiger partial charge in [0.1, 0.15) is 6.26 Å². The Bertz CT molecular complexity index is 350. The second-order valence-corrected chi connectivity index (χ2v) is 3.17. The summed E-state index contributed by atoms with van der Waals surface area (Å²) in [4.78, 5) is 22.6. The number of aromatic nitrogens is 1. The summed E-state index contributed by atoms with van der Waals surface area (Å²) in [7, 11) is 1.51. The van der Waals surface area contributed by atoms with Gasteiger partial charge in [0.05, 0.1) is 6.61 Å². The van der Waals surface area contributed by atoms with Crippen LogP contribution in [-0.4, -0.2) is 36.7 Å². The van der Waals surface area contributed by atoms with Gasteiger partial charge in [-0.15, -0.1) is 0 Å². The summed E-state index contributed by atoms with van der Waals surface area (Å²) in [6.07, 6.45) is 1.29. The molecule has 1 rings (SSSR count). The number of amides is 2. The van der Waals surface area contributed by atoms with E-state index in [1.165, 1.54) is 19.4 Å². The summed E-state index contributed by atoms with van der Waals surface area (Å²) in [5.74, 6) is -1.34. The van der Waals surface area contributed by atoms with E-state index in [9.17, 15) is 9.59 Å². The van der Waals surface area contributed by atoms with E-state index >= 15 is 0 Å². The molecule has 16 heavy (non-hydrogen) atoms. The average Bonchev–Trinajstić information content (AvgIpc) is 2.70. The SMILES string of the molecule is COC[C@H](C)NC(=O)C(=O)Nc1ccon1. The molecule has 0 fully saturated rings.